The molecule has 1 aliphatic rings. The summed E-state index contributed by atoms with van der Waals surface area (Å²) in [6.07, 6.45) is 1.14. The molecule has 1 atom stereocenters. The highest BCUT2D eigenvalue weighted by Crippen LogP contribution is 2.26. The van der Waals surface area contributed by atoms with Gasteiger partial charge >= 0.3 is 0 Å². The third-order valence-corrected chi connectivity index (χ3v) is 4.95. The van der Waals surface area contributed by atoms with Gasteiger partial charge in [-0.25, -0.2) is 0 Å². The fraction of sp³-hybridized carbons (Fsp3) is 0.364. The van der Waals surface area contributed by atoms with Crippen molar-refractivity contribution in [3.05, 3.63) is 71.3 Å². The van der Waals surface area contributed by atoms with E-state index in [0.717, 1.165) is 31.0 Å². The smallest absolute Gasteiger partial charge is 0.251 e. The largest absolute Gasteiger partial charge is 0.352 e. The summed E-state index contributed by atoms with van der Waals surface area (Å²) in [6, 6.07) is 18.4. The number of benzene rings is 2. The molecular formula is C22H28N4O. The summed E-state index contributed by atoms with van der Waals surface area (Å²) in [4.78, 5) is 18.8. The van der Waals surface area contributed by atoms with Gasteiger partial charge in [0, 0.05) is 44.7 Å². The van der Waals surface area contributed by atoms with Crippen LogP contribution in [-0.4, -0.2) is 43.4 Å². The van der Waals surface area contributed by atoms with E-state index in [1.54, 1.807) is 0 Å². The summed E-state index contributed by atoms with van der Waals surface area (Å²) < 4.78 is 0. The molecule has 5 heteroatoms. The Kier molecular flexibility index (Phi) is 6.47. The van der Waals surface area contributed by atoms with Crippen molar-refractivity contribution in [1.29, 1.82) is 0 Å². The molecule has 2 aromatic rings. The number of likely N-dealkylation sites (tertiary alicyclic amines) is 1. The van der Waals surface area contributed by atoms with E-state index in [2.05, 4.69) is 50.9 Å². The minimum Gasteiger partial charge on any atom is -0.352 e. The van der Waals surface area contributed by atoms with Gasteiger partial charge in [-0.15, -0.1) is 0 Å². The number of carbonyl (C=O) groups is 1. The molecule has 2 N–H and O–H groups in total. The number of hydrogen-bond acceptors (Lipinski definition) is 2. The summed E-state index contributed by atoms with van der Waals surface area (Å²) >= 11 is 0. The predicted octanol–water partition coefficient (Wildman–Crippen LogP) is 3.00. The monoisotopic (exact) mass is 364 g/mol. The number of carbonyl (C=O) groups excluding carboxylic acids is 1. The average molecular weight is 364 g/mol. The molecule has 1 amide bonds. The van der Waals surface area contributed by atoms with Gasteiger partial charge in [0.15, 0.2) is 5.96 Å². The Morgan fingerprint density at radius 2 is 1.96 bits per heavy atom. The van der Waals surface area contributed by atoms with Gasteiger partial charge in [-0.1, -0.05) is 42.5 Å². The molecule has 1 saturated heterocycles. The number of hydrogen-bond donors (Lipinski definition) is 2. The SMILES string of the molecule is CCNC(=O)c1cccc(CNC(=NC)N2CCC(c3ccccc3)C2)c1. The van der Waals surface area contributed by atoms with Crippen LogP contribution in [-0.2, 0) is 6.54 Å². The Hall–Kier alpha value is -2.82. The second-order valence-corrected chi connectivity index (χ2v) is 6.80. The summed E-state index contributed by atoms with van der Waals surface area (Å²) in [7, 11) is 1.82. The number of amides is 1. The van der Waals surface area contributed by atoms with Crippen molar-refractivity contribution in [3.8, 4) is 0 Å². The quantitative estimate of drug-likeness (QED) is 0.633. The van der Waals surface area contributed by atoms with Crippen LogP contribution in [0.2, 0.25) is 0 Å². The third kappa shape index (κ3) is 4.88. The van der Waals surface area contributed by atoms with Crippen LogP contribution in [0.15, 0.2) is 59.6 Å². The molecule has 0 aromatic heterocycles. The lowest BCUT2D eigenvalue weighted by molar-refractivity contribution is 0.0955. The fourth-order valence-electron chi connectivity index (χ4n) is 3.55. The Morgan fingerprint density at radius 3 is 2.70 bits per heavy atom. The van der Waals surface area contributed by atoms with Gasteiger partial charge in [0.25, 0.3) is 5.91 Å². The molecule has 0 saturated carbocycles. The molecule has 0 spiro atoms. The number of nitrogens with zero attached hydrogens (tertiary/aromatic N) is 2. The first-order valence-electron chi connectivity index (χ1n) is 9.59. The molecule has 0 radical (unpaired) electrons. The van der Waals surface area contributed by atoms with Gasteiger partial charge in [-0.05, 0) is 36.6 Å². The van der Waals surface area contributed by atoms with Gasteiger partial charge in [0.1, 0.15) is 0 Å². The second kappa shape index (κ2) is 9.21. The van der Waals surface area contributed by atoms with Gasteiger partial charge in [-0.3, -0.25) is 9.79 Å². The van der Waals surface area contributed by atoms with E-state index in [0.29, 0.717) is 24.6 Å². The number of aliphatic imine (C=N–C) groups is 1. The van der Waals surface area contributed by atoms with E-state index >= 15 is 0 Å². The number of nitrogens with one attached hydrogen (secondary N) is 2. The van der Waals surface area contributed by atoms with E-state index in [4.69, 9.17) is 0 Å². The van der Waals surface area contributed by atoms with E-state index in [1.165, 1.54) is 5.56 Å². The Labute approximate surface area is 161 Å². The molecule has 0 bridgehead atoms. The highest BCUT2D eigenvalue weighted by molar-refractivity contribution is 5.94. The zero-order valence-electron chi connectivity index (χ0n) is 16.1. The molecule has 5 nitrogen and oxygen atoms in total. The summed E-state index contributed by atoms with van der Waals surface area (Å²) in [6.45, 7) is 5.17. The molecule has 1 aliphatic heterocycles. The second-order valence-electron chi connectivity index (χ2n) is 6.80. The minimum absolute atomic E-state index is 0.0334. The molecule has 1 unspecified atom stereocenters. The molecule has 1 heterocycles. The van der Waals surface area contributed by atoms with Crippen molar-refractivity contribution in [1.82, 2.24) is 15.5 Å². The first kappa shape index (κ1) is 19.0. The topological polar surface area (TPSA) is 56.7 Å². The van der Waals surface area contributed by atoms with Gasteiger partial charge in [0.2, 0.25) is 0 Å². The third-order valence-electron chi connectivity index (χ3n) is 4.95. The van der Waals surface area contributed by atoms with Crippen molar-refractivity contribution < 1.29 is 4.79 Å². The lowest BCUT2D eigenvalue weighted by Gasteiger charge is -2.22. The van der Waals surface area contributed by atoms with Crippen LogP contribution < -0.4 is 10.6 Å². The summed E-state index contributed by atoms with van der Waals surface area (Å²) in [5.41, 5.74) is 3.15. The van der Waals surface area contributed by atoms with E-state index in [9.17, 15) is 4.79 Å². The highest BCUT2D eigenvalue weighted by atomic mass is 16.1. The summed E-state index contributed by atoms with van der Waals surface area (Å²) in [5.74, 6) is 1.43. The maximum atomic E-state index is 12.0. The van der Waals surface area contributed by atoms with Crippen LogP contribution in [0.25, 0.3) is 0 Å². The normalized spacial score (nSPS) is 17.0. The zero-order chi connectivity index (χ0) is 19.1. The van der Waals surface area contributed by atoms with Crippen LogP contribution in [0.3, 0.4) is 0 Å². The lowest BCUT2D eigenvalue weighted by atomic mass is 9.99. The van der Waals surface area contributed by atoms with Gasteiger partial charge in [-0.2, -0.15) is 0 Å². The van der Waals surface area contributed by atoms with E-state index in [1.807, 2.05) is 38.2 Å². The van der Waals surface area contributed by atoms with Gasteiger partial charge < -0.3 is 15.5 Å². The van der Waals surface area contributed by atoms with Crippen molar-refractivity contribution in [2.75, 3.05) is 26.7 Å². The number of rotatable bonds is 5. The Balaban J connectivity index is 1.59. The van der Waals surface area contributed by atoms with Crippen LogP contribution in [0.1, 0.15) is 40.7 Å². The molecule has 0 aliphatic carbocycles. The first-order chi connectivity index (χ1) is 13.2. The van der Waals surface area contributed by atoms with Gasteiger partial charge in [0.05, 0.1) is 0 Å². The Morgan fingerprint density at radius 1 is 1.15 bits per heavy atom. The highest BCUT2D eigenvalue weighted by Gasteiger charge is 2.25. The standard InChI is InChI=1S/C22H28N4O/c1-3-24-21(27)19-11-7-8-17(14-19)15-25-22(23-2)26-13-12-20(16-26)18-9-5-4-6-10-18/h4-11,14,20H,3,12-13,15-16H2,1-2H3,(H,23,25)(H,24,27). The molecule has 27 heavy (non-hydrogen) atoms. The predicted molar refractivity (Wildman–Crippen MR) is 110 cm³/mol. The van der Waals surface area contributed by atoms with E-state index < -0.39 is 0 Å². The minimum atomic E-state index is -0.0334. The molecule has 142 valence electrons. The lowest BCUT2D eigenvalue weighted by Crippen LogP contribution is -2.39. The number of guanidine groups is 1. The van der Waals surface area contributed by atoms with Crippen LogP contribution >= 0.6 is 0 Å². The van der Waals surface area contributed by atoms with E-state index in [-0.39, 0.29) is 5.91 Å². The molecule has 3 rings (SSSR count). The molecular weight excluding hydrogens is 336 g/mol. The Bertz CT molecular complexity index is 788. The van der Waals surface area contributed by atoms with Crippen molar-refractivity contribution in [2.45, 2.75) is 25.8 Å². The van der Waals surface area contributed by atoms with Crippen molar-refractivity contribution in [3.63, 3.8) is 0 Å². The molecule has 1 fully saturated rings. The maximum Gasteiger partial charge on any atom is 0.251 e. The fourth-order valence-corrected chi connectivity index (χ4v) is 3.55. The van der Waals surface area contributed by atoms with Crippen LogP contribution in [0.5, 0.6) is 0 Å². The first-order valence-corrected chi connectivity index (χ1v) is 9.59. The molecule has 2 aromatic carbocycles. The van der Waals surface area contributed by atoms with Crippen LogP contribution in [0.4, 0.5) is 0 Å². The van der Waals surface area contributed by atoms with Crippen LogP contribution in [0, 0.1) is 0 Å². The van der Waals surface area contributed by atoms with Crippen molar-refractivity contribution in [2.24, 2.45) is 4.99 Å². The zero-order valence-corrected chi connectivity index (χ0v) is 16.1. The summed E-state index contributed by atoms with van der Waals surface area (Å²) in [5, 5.41) is 6.28. The maximum absolute atomic E-state index is 12.0. The average Bonchev–Trinajstić information content (AvgIpc) is 3.20. The van der Waals surface area contributed by atoms with Crippen molar-refractivity contribution >= 4 is 11.9 Å².